The Bertz CT molecular complexity index is 431. The first-order chi connectivity index (χ1) is 8.94. The minimum absolute atomic E-state index is 0.00458. The standard InChI is InChI=1S/C13H21N3O2S/c1-8-5-16(6-9(2)18-8)7-12(17)15-13-14-10(3)11(4)19-13/h8-9H,5-7H2,1-4H3,(H,14,15,17)/t8-,9-/m1/s1. The van der Waals surface area contributed by atoms with E-state index in [1.54, 1.807) is 0 Å². The van der Waals surface area contributed by atoms with Gasteiger partial charge in [0, 0.05) is 18.0 Å². The largest absolute Gasteiger partial charge is 0.373 e. The van der Waals surface area contributed by atoms with Gasteiger partial charge in [0.1, 0.15) is 0 Å². The smallest absolute Gasteiger partial charge is 0.240 e. The molecule has 0 radical (unpaired) electrons. The van der Waals surface area contributed by atoms with Gasteiger partial charge >= 0.3 is 0 Å². The molecule has 2 atom stereocenters. The maximum absolute atomic E-state index is 12.0. The number of aryl methyl sites for hydroxylation is 2. The van der Waals surface area contributed by atoms with Crippen LogP contribution in [0.1, 0.15) is 24.4 Å². The molecule has 2 heterocycles. The highest BCUT2D eigenvalue weighted by Gasteiger charge is 2.23. The van der Waals surface area contributed by atoms with Crippen molar-refractivity contribution in [3.05, 3.63) is 10.6 Å². The highest BCUT2D eigenvalue weighted by molar-refractivity contribution is 7.15. The Balaban J connectivity index is 1.87. The summed E-state index contributed by atoms with van der Waals surface area (Å²) >= 11 is 1.52. The molecule has 1 saturated heterocycles. The summed E-state index contributed by atoms with van der Waals surface area (Å²) in [6.07, 6.45) is 0.363. The SMILES string of the molecule is Cc1nc(NC(=O)CN2C[C@@H](C)O[C@H](C)C2)sc1C. The second-order valence-electron chi connectivity index (χ2n) is 5.16. The lowest BCUT2D eigenvalue weighted by atomic mass is 10.2. The van der Waals surface area contributed by atoms with Crippen LogP contribution in [0.5, 0.6) is 0 Å². The van der Waals surface area contributed by atoms with Crippen molar-refractivity contribution in [1.29, 1.82) is 0 Å². The topological polar surface area (TPSA) is 54.5 Å². The van der Waals surface area contributed by atoms with Gasteiger partial charge < -0.3 is 10.1 Å². The summed E-state index contributed by atoms with van der Waals surface area (Å²) in [4.78, 5) is 19.6. The van der Waals surface area contributed by atoms with Gasteiger partial charge in [0.15, 0.2) is 5.13 Å². The second-order valence-corrected chi connectivity index (χ2v) is 6.36. The number of nitrogens with zero attached hydrogens (tertiary/aromatic N) is 2. The Kier molecular flexibility index (Phi) is 4.54. The second kappa shape index (κ2) is 5.98. The molecule has 0 unspecified atom stereocenters. The molecule has 5 nitrogen and oxygen atoms in total. The zero-order valence-corrected chi connectivity index (χ0v) is 12.7. The van der Waals surface area contributed by atoms with Crippen LogP contribution in [-0.2, 0) is 9.53 Å². The van der Waals surface area contributed by atoms with Gasteiger partial charge in [-0.2, -0.15) is 0 Å². The molecule has 1 aliphatic heterocycles. The van der Waals surface area contributed by atoms with Crippen LogP contribution in [0.4, 0.5) is 5.13 Å². The molecule has 1 aromatic heterocycles. The number of thiazole rings is 1. The highest BCUT2D eigenvalue weighted by atomic mass is 32.1. The molecule has 0 aromatic carbocycles. The molecular formula is C13H21N3O2S. The number of aromatic nitrogens is 1. The summed E-state index contributed by atoms with van der Waals surface area (Å²) in [5.74, 6) is -0.00458. The molecule has 106 valence electrons. The lowest BCUT2D eigenvalue weighted by molar-refractivity contribution is -0.121. The molecule has 0 aliphatic carbocycles. The zero-order valence-electron chi connectivity index (χ0n) is 11.9. The van der Waals surface area contributed by atoms with Gasteiger partial charge in [-0.3, -0.25) is 9.69 Å². The summed E-state index contributed by atoms with van der Waals surface area (Å²) < 4.78 is 5.65. The summed E-state index contributed by atoms with van der Waals surface area (Å²) in [6, 6.07) is 0. The van der Waals surface area contributed by atoms with Gasteiger partial charge in [-0.25, -0.2) is 4.98 Å². The first-order valence-corrected chi connectivity index (χ1v) is 7.37. The molecule has 1 aliphatic rings. The van der Waals surface area contributed by atoms with Crippen LogP contribution in [0.2, 0.25) is 0 Å². The Morgan fingerprint density at radius 2 is 2.05 bits per heavy atom. The summed E-state index contributed by atoms with van der Waals surface area (Å²) in [6.45, 7) is 10.0. The predicted molar refractivity (Wildman–Crippen MR) is 76.7 cm³/mol. The maximum atomic E-state index is 12.0. The molecule has 6 heteroatoms. The van der Waals surface area contributed by atoms with Crippen molar-refractivity contribution in [2.45, 2.75) is 39.9 Å². The van der Waals surface area contributed by atoms with Gasteiger partial charge in [-0.15, -0.1) is 11.3 Å². The molecule has 0 saturated carbocycles. The van der Waals surface area contributed by atoms with Crippen molar-refractivity contribution < 1.29 is 9.53 Å². The zero-order chi connectivity index (χ0) is 14.0. The van der Waals surface area contributed by atoms with E-state index >= 15 is 0 Å². The Hall–Kier alpha value is -0.980. The number of rotatable bonds is 3. The monoisotopic (exact) mass is 283 g/mol. The lowest BCUT2D eigenvalue weighted by Gasteiger charge is -2.34. The minimum Gasteiger partial charge on any atom is -0.373 e. The van der Waals surface area contributed by atoms with E-state index in [0.29, 0.717) is 11.7 Å². The predicted octanol–water partition coefficient (Wildman–Crippen LogP) is 1.81. The number of anilines is 1. The van der Waals surface area contributed by atoms with Crippen LogP contribution in [0.15, 0.2) is 0 Å². The molecule has 0 bridgehead atoms. The van der Waals surface area contributed by atoms with E-state index in [1.165, 1.54) is 11.3 Å². The third-order valence-corrected chi connectivity index (χ3v) is 4.13. The fourth-order valence-corrected chi connectivity index (χ4v) is 3.13. The molecule has 1 N–H and O–H groups in total. The number of carbonyl (C=O) groups excluding carboxylic acids is 1. The first kappa shape index (κ1) is 14.4. The van der Waals surface area contributed by atoms with Crippen LogP contribution < -0.4 is 5.32 Å². The molecular weight excluding hydrogens is 262 g/mol. The first-order valence-electron chi connectivity index (χ1n) is 6.55. The summed E-state index contributed by atoms with van der Waals surface area (Å²) in [5.41, 5.74) is 0.980. The van der Waals surface area contributed by atoms with E-state index < -0.39 is 0 Å². The fraction of sp³-hybridized carbons (Fsp3) is 0.692. The van der Waals surface area contributed by atoms with E-state index in [9.17, 15) is 4.79 Å². The highest BCUT2D eigenvalue weighted by Crippen LogP contribution is 2.21. The quantitative estimate of drug-likeness (QED) is 0.919. The molecule has 0 spiro atoms. The third kappa shape index (κ3) is 3.99. The van der Waals surface area contributed by atoms with Gasteiger partial charge in [0.05, 0.1) is 24.4 Å². The van der Waals surface area contributed by atoms with Gasteiger partial charge in [-0.05, 0) is 27.7 Å². The van der Waals surface area contributed by atoms with Gasteiger partial charge in [0.25, 0.3) is 0 Å². The van der Waals surface area contributed by atoms with Gasteiger partial charge in [-0.1, -0.05) is 0 Å². The van der Waals surface area contributed by atoms with Crippen molar-refractivity contribution in [2.75, 3.05) is 25.0 Å². The summed E-state index contributed by atoms with van der Waals surface area (Å²) in [7, 11) is 0. The number of ether oxygens (including phenoxy) is 1. The van der Waals surface area contributed by atoms with E-state index in [0.717, 1.165) is 23.7 Å². The normalized spacial score (nSPS) is 24.4. The Labute approximate surface area is 118 Å². The number of morpholine rings is 1. The van der Waals surface area contributed by atoms with Crippen LogP contribution in [0.25, 0.3) is 0 Å². The van der Waals surface area contributed by atoms with E-state index in [-0.39, 0.29) is 18.1 Å². The van der Waals surface area contributed by atoms with Crippen molar-refractivity contribution in [3.63, 3.8) is 0 Å². The molecule has 1 aromatic rings. The summed E-state index contributed by atoms with van der Waals surface area (Å²) in [5, 5.41) is 3.56. The van der Waals surface area contributed by atoms with Crippen LogP contribution in [0.3, 0.4) is 0 Å². The van der Waals surface area contributed by atoms with Crippen molar-refractivity contribution in [3.8, 4) is 0 Å². The van der Waals surface area contributed by atoms with Crippen molar-refractivity contribution in [1.82, 2.24) is 9.88 Å². The molecule has 1 amide bonds. The number of nitrogens with one attached hydrogen (secondary N) is 1. The van der Waals surface area contributed by atoms with E-state index in [4.69, 9.17) is 4.74 Å². The average molecular weight is 283 g/mol. The number of hydrogen-bond acceptors (Lipinski definition) is 5. The van der Waals surface area contributed by atoms with Crippen molar-refractivity contribution >= 4 is 22.4 Å². The van der Waals surface area contributed by atoms with Crippen LogP contribution in [-0.4, -0.2) is 47.6 Å². The van der Waals surface area contributed by atoms with Gasteiger partial charge in [0.2, 0.25) is 5.91 Å². The Morgan fingerprint density at radius 3 is 2.58 bits per heavy atom. The molecule has 19 heavy (non-hydrogen) atoms. The minimum atomic E-state index is -0.00458. The number of carbonyl (C=O) groups is 1. The van der Waals surface area contributed by atoms with Crippen LogP contribution in [0, 0.1) is 13.8 Å². The third-order valence-electron chi connectivity index (χ3n) is 3.14. The van der Waals surface area contributed by atoms with Crippen molar-refractivity contribution in [2.24, 2.45) is 0 Å². The lowest BCUT2D eigenvalue weighted by Crippen LogP contribution is -2.48. The molecule has 1 fully saturated rings. The number of amides is 1. The van der Waals surface area contributed by atoms with E-state index in [1.807, 2.05) is 27.7 Å². The Morgan fingerprint density at radius 1 is 1.42 bits per heavy atom. The van der Waals surface area contributed by atoms with Crippen LogP contribution >= 0.6 is 11.3 Å². The maximum Gasteiger partial charge on any atom is 0.240 e. The fourth-order valence-electron chi connectivity index (χ4n) is 2.30. The average Bonchev–Trinajstić information content (AvgIpc) is 2.55. The molecule has 2 rings (SSSR count). The van der Waals surface area contributed by atoms with E-state index in [2.05, 4.69) is 15.2 Å². The number of hydrogen-bond donors (Lipinski definition) is 1.